The Morgan fingerprint density at radius 1 is 1.22 bits per heavy atom. The summed E-state index contributed by atoms with van der Waals surface area (Å²) in [7, 11) is 0. The van der Waals surface area contributed by atoms with Gasteiger partial charge in [0, 0.05) is 19.5 Å². The summed E-state index contributed by atoms with van der Waals surface area (Å²) in [6, 6.07) is 8.27. The molecule has 1 aliphatic rings. The van der Waals surface area contributed by atoms with E-state index in [9.17, 15) is 0 Å². The lowest BCUT2D eigenvalue weighted by atomic mass is 9.99. The molecule has 0 radical (unpaired) electrons. The molecule has 4 rings (SSSR count). The van der Waals surface area contributed by atoms with Gasteiger partial charge in [-0.1, -0.05) is 18.2 Å². The monoisotopic (exact) mass is 309 g/mol. The molecule has 0 bridgehead atoms. The van der Waals surface area contributed by atoms with Gasteiger partial charge in [0.1, 0.15) is 24.8 Å². The Hall–Kier alpha value is -2.54. The van der Waals surface area contributed by atoms with Crippen LogP contribution in [0.5, 0.6) is 0 Å². The lowest BCUT2D eigenvalue weighted by Gasteiger charge is -2.23. The molecule has 7 heteroatoms. The zero-order valence-corrected chi connectivity index (χ0v) is 12.8. The lowest BCUT2D eigenvalue weighted by molar-refractivity contribution is 0.347. The molecule has 1 atom stereocenters. The Labute approximate surface area is 134 Å². The fraction of sp³-hybridized carbons (Fsp3) is 0.375. The first kappa shape index (κ1) is 14.1. The van der Waals surface area contributed by atoms with Gasteiger partial charge in [-0.2, -0.15) is 5.10 Å². The third-order valence-corrected chi connectivity index (χ3v) is 4.33. The van der Waals surface area contributed by atoms with Crippen molar-refractivity contribution in [2.45, 2.75) is 25.9 Å². The zero-order chi connectivity index (χ0) is 15.5. The molecule has 7 nitrogen and oxygen atoms in total. The third kappa shape index (κ3) is 3.00. The van der Waals surface area contributed by atoms with Crippen molar-refractivity contribution in [3.63, 3.8) is 0 Å². The van der Waals surface area contributed by atoms with Crippen LogP contribution in [-0.2, 0) is 19.5 Å². The highest BCUT2D eigenvalue weighted by Gasteiger charge is 2.19. The number of nitrogens with zero attached hydrogens (tertiary/aromatic N) is 6. The van der Waals surface area contributed by atoms with Gasteiger partial charge >= 0.3 is 0 Å². The number of hydrogen-bond donors (Lipinski definition) is 1. The maximum Gasteiger partial charge on any atom is 0.138 e. The summed E-state index contributed by atoms with van der Waals surface area (Å²) < 4.78 is 3.97. The van der Waals surface area contributed by atoms with Gasteiger partial charge in [-0.3, -0.25) is 0 Å². The number of fused-ring (bicyclic) bond motifs is 1. The number of benzene rings is 1. The van der Waals surface area contributed by atoms with Crippen LogP contribution in [0.15, 0.2) is 43.2 Å². The van der Waals surface area contributed by atoms with E-state index in [2.05, 4.69) is 48.4 Å². The van der Waals surface area contributed by atoms with Crippen molar-refractivity contribution in [1.82, 2.24) is 34.8 Å². The normalized spacial score (nSPS) is 17.1. The number of rotatable bonds is 5. The van der Waals surface area contributed by atoms with Gasteiger partial charge in [-0.25, -0.2) is 9.67 Å². The first-order valence-corrected chi connectivity index (χ1v) is 7.90. The number of aryl methyl sites for hydroxylation is 1. The first-order valence-electron chi connectivity index (χ1n) is 7.90. The van der Waals surface area contributed by atoms with Crippen LogP contribution in [0.4, 0.5) is 0 Å². The highest BCUT2D eigenvalue weighted by Crippen LogP contribution is 2.18. The fourth-order valence-corrected chi connectivity index (χ4v) is 3.12. The predicted molar refractivity (Wildman–Crippen MR) is 84.9 cm³/mol. The molecule has 2 aromatic heterocycles. The molecule has 1 aromatic carbocycles. The van der Waals surface area contributed by atoms with E-state index in [1.54, 1.807) is 17.3 Å². The van der Waals surface area contributed by atoms with Gasteiger partial charge in [0.25, 0.3) is 0 Å². The van der Waals surface area contributed by atoms with Crippen molar-refractivity contribution < 1.29 is 0 Å². The quantitative estimate of drug-likeness (QED) is 0.767. The average Bonchev–Trinajstić information content (AvgIpc) is 3.26. The minimum Gasteiger partial charge on any atom is -0.317 e. The number of nitrogens with one attached hydrogen (secondary N) is 1. The Kier molecular flexibility index (Phi) is 3.85. The van der Waals surface area contributed by atoms with Crippen LogP contribution >= 0.6 is 0 Å². The summed E-state index contributed by atoms with van der Waals surface area (Å²) in [6.07, 6.45) is 7.30. The van der Waals surface area contributed by atoms with Crippen molar-refractivity contribution >= 4 is 0 Å². The van der Waals surface area contributed by atoms with Crippen molar-refractivity contribution in [2.75, 3.05) is 6.54 Å². The van der Waals surface area contributed by atoms with Gasteiger partial charge in [-0.05, 0) is 30.5 Å². The highest BCUT2D eigenvalue weighted by atomic mass is 15.3. The standard InChI is InChI=1S/C16H19N7/c1-2-4-15(23-11-18-10-20-23)14(3-1)8-17-7-13-5-6-16-21-19-12-22(16)9-13/h1-4,10-13,17H,5-9H2/t13-/m1/s1. The largest absolute Gasteiger partial charge is 0.317 e. The predicted octanol–water partition coefficient (Wildman–Crippen LogP) is 1.21. The van der Waals surface area contributed by atoms with Crippen molar-refractivity contribution in [2.24, 2.45) is 5.92 Å². The maximum absolute atomic E-state index is 4.22. The molecule has 3 heterocycles. The van der Waals surface area contributed by atoms with Gasteiger partial charge in [-0.15, -0.1) is 10.2 Å². The molecule has 0 amide bonds. The number of aromatic nitrogens is 6. The summed E-state index contributed by atoms with van der Waals surface area (Å²) >= 11 is 0. The van der Waals surface area contributed by atoms with E-state index in [0.717, 1.165) is 44.0 Å². The summed E-state index contributed by atoms with van der Waals surface area (Å²) in [6.45, 7) is 2.81. The molecule has 0 fully saturated rings. The Balaban J connectivity index is 1.37. The van der Waals surface area contributed by atoms with Crippen LogP contribution in [-0.4, -0.2) is 36.1 Å². The summed E-state index contributed by atoms with van der Waals surface area (Å²) in [5.41, 5.74) is 2.29. The van der Waals surface area contributed by atoms with E-state index in [0.29, 0.717) is 5.92 Å². The summed E-state index contributed by atoms with van der Waals surface area (Å²) in [4.78, 5) is 4.03. The molecule has 0 unspecified atom stereocenters. The maximum atomic E-state index is 4.22. The molecule has 0 saturated carbocycles. The van der Waals surface area contributed by atoms with Crippen LogP contribution in [0.2, 0.25) is 0 Å². The molecular weight excluding hydrogens is 290 g/mol. The van der Waals surface area contributed by atoms with Crippen LogP contribution in [0.3, 0.4) is 0 Å². The van der Waals surface area contributed by atoms with Crippen LogP contribution < -0.4 is 5.32 Å². The topological polar surface area (TPSA) is 73.5 Å². The van der Waals surface area contributed by atoms with Gasteiger partial charge in [0.2, 0.25) is 0 Å². The van der Waals surface area contributed by atoms with Gasteiger partial charge < -0.3 is 9.88 Å². The Morgan fingerprint density at radius 2 is 2.17 bits per heavy atom. The van der Waals surface area contributed by atoms with Gasteiger partial charge in [0.15, 0.2) is 0 Å². The highest BCUT2D eigenvalue weighted by molar-refractivity contribution is 5.39. The minimum atomic E-state index is 0.622. The van der Waals surface area contributed by atoms with Crippen LogP contribution in [0, 0.1) is 5.92 Å². The van der Waals surface area contributed by atoms with Crippen molar-refractivity contribution in [3.8, 4) is 5.69 Å². The van der Waals surface area contributed by atoms with Crippen molar-refractivity contribution in [1.29, 1.82) is 0 Å². The van der Waals surface area contributed by atoms with Gasteiger partial charge in [0.05, 0.1) is 5.69 Å². The second-order valence-corrected chi connectivity index (χ2v) is 5.90. The minimum absolute atomic E-state index is 0.622. The molecule has 0 saturated heterocycles. The molecule has 0 aliphatic carbocycles. The van der Waals surface area contributed by atoms with E-state index in [1.165, 1.54) is 5.56 Å². The molecule has 0 spiro atoms. The average molecular weight is 309 g/mol. The molecule has 3 aromatic rings. The van der Waals surface area contributed by atoms with E-state index < -0.39 is 0 Å². The van der Waals surface area contributed by atoms with E-state index >= 15 is 0 Å². The molecular formula is C16H19N7. The van der Waals surface area contributed by atoms with E-state index in [4.69, 9.17) is 0 Å². The van der Waals surface area contributed by atoms with E-state index in [-0.39, 0.29) is 0 Å². The second kappa shape index (κ2) is 6.29. The Morgan fingerprint density at radius 3 is 3.09 bits per heavy atom. The van der Waals surface area contributed by atoms with Crippen LogP contribution in [0.25, 0.3) is 5.69 Å². The van der Waals surface area contributed by atoms with E-state index in [1.807, 2.05) is 12.4 Å². The zero-order valence-electron chi connectivity index (χ0n) is 12.8. The molecule has 1 N–H and O–H groups in total. The number of para-hydroxylation sites is 1. The molecule has 118 valence electrons. The third-order valence-electron chi connectivity index (χ3n) is 4.33. The number of hydrogen-bond acceptors (Lipinski definition) is 5. The summed E-state index contributed by atoms with van der Waals surface area (Å²) in [5.74, 6) is 1.73. The second-order valence-electron chi connectivity index (χ2n) is 5.90. The van der Waals surface area contributed by atoms with Crippen molar-refractivity contribution in [3.05, 3.63) is 54.6 Å². The Bertz CT molecular complexity index is 762. The lowest BCUT2D eigenvalue weighted by Crippen LogP contribution is -2.30. The fourth-order valence-electron chi connectivity index (χ4n) is 3.12. The SMILES string of the molecule is c1ccc(-n2cncn2)c(CNC[C@H]2CCc3nncn3C2)c1. The first-order chi connectivity index (χ1) is 11.4. The van der Waals surface area contributed by atoms with Crippen LogP contribution in [0.1, 0.15) is 17.8 Å². The summed E-state index contributed by atoms with van der Waals surface area (Å²) in [5, 5.41) is 15.9. The molecule has 1 aliphatic heterocycles. The smallest absolute Gasteiger partial charge is 0.138 e. The molecule has 23 heavy (non-hydrogen) atoms.